The van der Waals surface area contributed by atoms with Gasteiger partial charge in [-0.25, -0.2) is 0 Å². The van der Waals surface area contributed by atoms with Gasteiger partial charge in [0.1, 0.15) is 0 Å². The molecule has 0 saturated carbocycles. The van der Waals surface area contributed by atoms with Crippen LogP contribution in [-0.4, -0.2) is 35.2 Å². The first-order valence-corrected chi connectivity index (χ1v) is 4.47. The zero-order valence-corrected chi connectivity index (χ0v) is 8.53. The molecule has 4 nitrogen and oxygen atoms in total. The van der Waals surface area contributed by atoms with Crippen LogP contribution in [-0.2, 0) is 4.65 Å². The molecular formula is C8H19BO4. The third kappa shape index (κ3) is 9.82. The van der Waals surface area contributed by atoms with Gasteiger partial charge in [0.15, 0.2) is 0 Å². The summed E-state index contributed by atoms with van der Waals surface area (Å²) in [4.78, 5) is 0. The van der Waals surface area contributed by atoms with Crippen molar-refractivity contribution < 1.29 is 19.8 Å². The van der Waals surface area contributed by atoms with E-state index in [2.05, 4.69) is 4.65 Å². The van der Waals surface area contributed by atoms with Crippen molar-refractivity contribution in [1.29, 1.82) is 0 Å². The summed E-state index contributed by atoms with van der Waals surface area (Å²) in [5, 5.41) is 26.2. The molecule has 0 bridgehead atoms. The predicted molar refractivity (Wildman–Crippen MR) is 50.8 cm³/mol. The van der Waals surface area contributed by atoms with Crippen LogP contribution in [0, 0.1) is 5.41 Å². The van der Waals surface area contributed by atoms with E-state index in [1.54, 1.807) is 0 Å². The van der Waals surface area contributed by atoms with Crippen molar-refractivity contribution in [2.75, 3.05) is 6.61 Å². The van der Waals surface area contributed by atoms with Crippen LogP contribution in [0.2, 0.25) is 0 Å². The van der Waals surface area contributed by atoms with E-state index in [1.165, 1.54) is 0 Å². The molecule has 0 spiro atoms. The largest absolute Gasteiger partial charge is 0.633 e. The summed E-state index contributed by atoms with van der Waals surface area (Å²) < 4.78 is 4.48. The molecule has 78 valence electrons. The van der Waals surface area contributed by atoms with Crippen molar-refractivity contribution in [2.24, 2.45) is 5.41 Å². The summed E-state index contributed by atoms with van der Waals surface area (Å²) in [7, 11) is -1.73. The minimum absolute atomic E-state index is 0.0806. The normalized spacial score (nSPS) is 14.3. The van der Waals surface area contributed by atoms with Gasteiger partial charge in [0, 0.05) is 6.61 Å². The molecule has 13 heavy (non-hydrogen) atoms. The Morgan fingerprint density at radius 3 is 2.23 bits per heavy atom. The lowest BCUT2D eigenvalue weighted by atomic mass is 9.88. The first-order valence-electron chi connectivity index (χ1n) is 4.47. The van der Waals surface area contributed by atoms with E-state index in [0.29, 0.717) is 12.8 Å². The van der Waals surface area contributed by atoms with Crippen molar-refractivity contribution in [2.45, 2.75) is 39.7 Å². The second kappa shape index (κ2) is 5.60. The Kier molecular flexibility index (Phi) is 5.56. The maximum absolute atomic E-state index is 9.45. The Balaban J connectivity index is 3.46. The monoisotopic (exact) mass is 190 g/mol. The topological polar surface area (TPSA) is 69.9 Å². The molecule has 1 unspecified atom stereocenters. The molecule has 1 atom stereocenters. The number of aliphatic hydroxyl groups excluding tert-OH is 1. The van der Waals surface area contributed by atoms with Gasteiger partial charge < -0.3 is 19.8 Å². The average Bonchev–Trinajstić information content (AvgIpc) is 1.81. The SMILES string of the molecule is CC(C)(C)CC(O)CCOB(O)O. The van der Waals surface area contributed by atoms with E-state index >= 15 is 0 Å². The molecule has 5 heteroatoms. The molecule has 0 fully saturated rings. The molecule has 3 N–H and O–H groups in total. The van der Waals surface area contributed by atoms with E-state index < -0.39 is 13.4 Å². The standard InChI is InChI=1S/C8H19BO4/c1-8(2,3)6-7(10)4-5-13-9(11)12/h7,10-12H,4-6H2,1-3H3. The fraction of sp³-hybridized carbons (Fsp3) is 1.00. The first kappa shape index (κ1) is 12.9. The Morgan fingerprint density at radius 1 is 1.31 bits per heavy atom. The Hall–Kier alpha value is -0.0951. The molecule has 0 saturated heterocycles. The van der Waals surface area contributed by atoms with Gasteiger partial charge in [0.25, 0.3) is 0 Å². The molecule has 0 aliphatic heterocycles. The van der Waals surface area contributed by atoms with Crippen LogP contribution in [0.25, 0.3) is 0 Å². The summed E-state index contributed by atoms with van der Waals surface area (Å²) in [6, 6.07) is 0. The van der Waals surface area contributed by atoms with Gasteiger partial charge in [-0.1, -0.05) is 20.8 Å². The van der Waals surface area contributed by atoms with Crippen LogP contribution < -0.4 is 0 Å². The molecule has 0 amide bonds. The van der Waals surface area contributed by atoms with Crippen LogP contribution in [0.15, 0.2) is 0 Å². The minimum Gasteiger partial charge on any atom is -0.402 e. The first-order chi connectivity index (χ1) is 5.81. The van der Waals surface area contributed by atoms with Gasteiger partial charge in [0.05, 0.1) is 6.10 Å². The number of hydrogen-bond donors (Lipinski definition) is 3. The zero-order chi connectivity index (χ0) is 10.5. The lowest BCUT2D eigenvalue weighted by Crippen LogP contribution is -2.23. The fourth-order valence-corrected chi connectivity index (χ4v) is 1.12. The van der Waals surface area contributed by atoms with Gasteiger partial charge in [-0.15, -0.1) is 0 Å². The quantitative estimate of drug-likeness (QED) is 0.540. The highest BCUT2D eigenvalue weighted by Crippen LogP contribution is 2.21. The highest BCUT2D eigenvalue weighted by Gasteiger charge is 2.17. The summed E-state index contributed by atoms with van der Waals surface area (Å²) >= 11 is 0. The Bertz CT molecular complexity index is 133. The Labute approximate surface area is 79.7 Å². The molecule has 0 radical (unpaired) electrons. The summed E-state index contributed by atoms with van der Waals surface area (Å²) in [6.07, 6.45) is 0.658. The van der Waals surface area contributed by atoms with Gasteiger partial charge in [-0.2, -0.15) is 0 Å². The third-order valence-electron chi connectivity index (χ3n) is 1.57. The van der Waals surface area contributed by atoms with Crippen LogP contribution in [0.4, 0.5) is 0 Å². The number of hydrogen-bond acceptors (Lipinski definition) is 4. The van der Waals surface area contributed by atoms with Crippen molar-refractivity contribution in [3.63, 3.8) is 0 Å². The van der Waals surface area contributed by atoms with Crippen molar-refractivity contribution in [3.8, 4) is 0 Å². The molecule has 0 aromatic rings. The molecule has 0 heterocycles. The van der Waals surface area contributed by atoms with Crippen LogP contribution in [0.5, 0.6) is 0 Å². The van der Waals surface area contributed by atoms with Crippen LogP contribution >= 0.6 is 0 Å². The second-order valence-electron chi connectivity index (χ2n) is 4.40. The molecule has 0 aromatic carbocycles. The zero-order valence-electron chi connectivity index (χ0n) is 8.53. The van der Waals surface area contributed by atoms with Gasteiger partial charge in [-0.05, 0) is 18.3 Å². The molecule has 0 aliphatic carbocycles. The lowest BCUT2D eigenvalue weighted by molar-refractivity contribution is 0.0849. The van der Waals surface area contributed by atoms with Crippen molar-refractivity contribution in [1.82, 2.24) is 0 Å². The van der Waals surface area contributed by atoms with Crippen molar-refractivity contribution in [3.05, 3.63) is 0 Å². The van der Waals surface area contributed by atoms with E-state index in [-0.39, 0.29) is 12.0 Å². The highest BCUT2D eigenvalue weighted by molar-refractivity contribution is 6.32. The van der Waals surface area contributed by atoms with Crippen LogP contribution in [0.1, 0.15) is 33.6 Å². The van der Waals surface area contributed by atoms with E-state index in [0.717, 1.165) is 0 Å². The van der Waals surface area contributed by atoms with E-state index in [4.69, 9.17) is 10.0 Å². The molecule has 0 rings (SSSR count). The second-order valence-corrected chi connectivity index (χ2v) is 4.40. The molecule has 0 aliphatic rings. The lowest BCUT2D eigenvalue weighted by Gasteiger charge is -2.22. The predicted octanol–water partition coefficient (Wildman–Crippen LogP) is 0.160. The smallest absolute Gasteiger partial charge is 0.402 e. The summed E-state index contributed by atoms with van der Waals surface area (Å²) in [5.41, 5.74) is 0.0806. The van der Waals surface area contributed by atoms with Gasteiger partial charge >= 0.3 is 7.32 Å². The van der Waals surface area contributed by atoms with E-state index in [9.17, 15) is 5.11 Å². The summed E-state index contributed by atoms with van der Waals surface area (Å²) in [6.45, 7) is 6.28. The number of aliphatic hydroxyl groups is 1. The summed E-state index contributed by atoms with van der Waals surface area (Å²) in [5.74, 6) is 0. The molecular weight excluding hydrogens is 171 g/mol. The van der Waals surface area contributed by atoms with Gasteiger partial charge in [0.2, 0.25) is 0 Å². The Morgan fingerprint density at radius 2 is 1.85 bits per heavy atom. The number of rotatable bonds is 5. The third-order valence-corrected chi connectivity index (χ3v) is 1.57. The minimum atomic E-state index is -1.73. The molecule has 0 aromatic heterocycles. The van der Waals surface area contributed by atoms with Crippen molar-refractivity contribution >= 4 is 7.32 Å². The van der Waals surface area contributed by atoms with E-state index in [1.807, 2.05) is 20.8 Å². The average molecular weight is 190 g/mol. The maximum atomic E-state index is 9.45. The van der Waals surface area contributed by atoms with Gasteiger partial charge in [-0.3, -0.25) is 0 Å². The maximum Gasteiger partial charge on any atom is 0.633 e. The van der Waals surface area contributed by atoms with Crippen LogP contribution in [0.3, 0.4) is 0 Å². The highest BCUT2D eigenvalue weighted by atomic mass is 16.6. The fourth-order valence-electron chi connectivity index (χ4n) is 1.12.